The lowest BCUT2D eigenvalue weighted by molar-refractivity contribution is 0.234. The molecule has 1 aromatic rings. The van der Waals surface area contributed by atoms with Crippen molar-refractivity contribution < 1.29 is 25.6 Å². The largest absolute Gasteiger partial charge is 0.380 e. The fourth-order valence-electron chi connectivity index (χ4n) is 1.72. The fourth-order valence-corrected chi connectivity index (χ4v) is 3.33. The van der Waals surface area contributed by atoms with E-state index < -0.39 is 35.9 Å². The van der Waals surface area contributed by atoms with E-state index in [0.29, 0.717) is 12.1 Å². The molecule has 0 aliphatic rings. The average molecular weight is 355 g/mol. The summed E-state index contributed by atoms with van der Waals surface area (Å²) in [6.45, 7) is 3.59. The molecule has 5 nitrogen and oxygen atoms in total. The third kappa shape index (κ3) is 5.53. The molecule has 0 aliphatic carbocycles. The lowest BCUT2D eigenvalue weighted by Crippen LogP contribution is -2.33. The zero-order valence-corrected chi connectivity index (χ0v) is 14.1. The quantitative estimate of drug-likeness (QED) is 0.812. The molecule has 0 saturated carbocycles. The van der Waals surface area contributed by atoms with Crippen LogP contribution in [0.25, 0.3) is 0 Å². The van der Waals surface area contributed by atoms with E-state index in [9.17, 15) is 25.6 Å². The molecule has 0 aliphatic heterocycles. The molecule has 0 amide bonds. The number of benzene rings is 1. The molecule has 0 atom stereocenters. The standard InChI is InChI=1S/C13H19F2NO4S2/c1-13(2,8-9-21(3,17)18)16-10-4-6-11(7-5-10)22(19,20)12(14)15/h4-7,12,16H,8-9H2,1-3H3. The highest BCUT2D eigenvalue weighted by Gasteiger charge is 2.26. The van der Waals surface area contributed by atoms with Gasteiger partial charge in [-0.15, -0.1) is 0 Å². The van der Waals surface area contributed by atoms with E-state index in [0.717, 1.165) is 18.4 Å². The van der Waals surface area contributed by atoms with Crippen LogP contribution in [-0.4, -0.2) is 40.1 Å². The minimum absolute atomic E-state index is 0.00481. The maximum atomic E-state index is 12.4. The van der Waals surface area contributed by atoms with Crippen molar-refractivity contribution in [2.24, 2.45) is 0 Å². The van der Waals surface area contributed by atoms with Crippen molar-refractivity contribution in [2.45, 2.75) is 36.5 Å². The third-order valence-corrected chi connectivity index (χ3v) is 5.34. The molecule has 126 valence electrons. The van der Waals surface area contributed by atoms with E-state index in [2.05, 4.69) is 5.32 Å². The summed E-state index contributed by atoms with van der Waals surface area (Å²) < 4.78 is 69.8. The van der Waals surface area contributed by atoms with Gasteiger partial charge in [-0.05, 0) is 44.5 Å². The van der Waals surface area contributed by atoms with Gasteiger partial charge in [0.2, 0.25) is 9.84 Å². The van der Waals surface area contributed by atoms with Crippen molar-refractivity contribution in [3.63, 3.8) is 0 Å². The molecule has 0 heterocycles. The first-order valence-corrected chi connectivity index (χ1v) is 10.0. The summed E-state index contributed by atoms with van der Waals surface area (Å²) in [6.07, 6.45) is 1.50. The SMILES string of the molecule is CC(C)(CCS(C)(=O)=O)Nc1ccc(S(=O)(=O)C(F)F)cc1. The number of hydrogen-bond acceptors (Lipinski definition) is 5. The Labute approximate surface area is 129 Å². The second-order valence-corrected chi connectivity index (χ2v) is 9.90. The summed E-state index contributed by atoms with van der Waals surface area (Å²) in [7, 11) is -7.70. The van der Waals surface area contributed by atoms with Crippen LogP contribution in [0, 0.1) is 0 Å². The number of alkyl halides is 2. The summed E-state index contributed by atoms with van der Waals surface area (Å²) in [4.78, 5) is -0.456. The van der Waals surface area contributed by atoms with Crippen molar-refractivity contribution in [3.05, 3.63) is 24.3 Å². The summed E-state index contributed by atoms with van der Waals surface area (Å²) in [6, 6.07) is 4.93. The van der Waals surface area contributed by atoms with Gasteiger partial charge in [-0.1, -0.05) is 0 Å². The molecule has 9 heteroatoms. The molecular weight excluding hydrogens is 336 g/mol. The van der Waals surface area contributed by atoms with E-state index in [4.69, 9.17) is 0 Å². The Hall–Kier alpha value is -1.22. The van der Waals surface area contributed by atoms with Crippen LogP contribution in [-0.2, 0) is 19.7 Å². The average Bonchev–Trinajstić information content (AvgIpc) is 2.36. The highest BCUT2D eigenvalue weighted by atomic mass is 32.2. The van der Waals surface area contributed by atoms with Gasteiger partial charge in [-0.2, -0.15) is 8.78 Å². The smallest absolute Gasteiger partial charge is 0.341 e. The van der Waals surface area contributed by atoms with Gasteiger partial charge < -0.3 is 5.32 Å². The number of anilines is 1. The fraction of sp³-hybridized carbons (Fsp3) is 0.538. The van der Waals surface area contributed by atoms with Gasteiger partial charge in [0.1, 0.15) is 9.84 Å². The van der Waals surface area contributed by atoms with Gasteiger partial charge in [0, 0.05) is 17.5 Å². The molecule has 0 unspecified atom stereocenters. The molecule has 0 fully saturated rings. The van der Waals surface area contributed by atoms with Crippen LogP contribution in [0.3, 0.4) is 0 Å². The van der Waals surface area contributed by atoms with Crippen LogP contribution in [0.1, 0.15) is 20.3 Å². The Morgan fingerprint density at radius 3 is 2.00 bits per heavy atom. The summed E-state index contributed by atoms with van der Waals surface area (Å²) in [5, 5.41) is 3.05. The monoisotopic (exact) mass is 355 g/mol. The molecule has 0 spiro atoms. The van der Waals surface area contributed by atoms with E-state index >= 15 is 0 Å². The lowest BCUT2D eigenvalue weighted by atomic mass is 10.0. The van der Waals surface area contributed by atoms with Crippen LogP contribution >= 0.6 is 0 Å². The van der Waals surface area contributed by atoms with Crippen molar-refractivity contribution in [2.75, 3.05) is 17.3 Å². The number of rotatable bonds is 7. The van der Waals surface area contributed by atoms with E-state index in [1.807, 2.05) is 0 Å². The van der Waals surface area contributed by atoms with Crippen molar-refractivity contribution in [1.82, 2.24) is 0 Å². The topological polar surface area (TPSA) is 80.3 Å². The Morgan fingerprint density at radius 2 is 1.59 bits per heavy atom. The van der Waals surface area contributed by atoms with E-state index in [1.165, 1.54) is 12.1 Å². The Bertz CT molecular complexity index is 711. The van der Waals surface area contributed by atoms with Crippen LogP contribution in [0.2, 0.25) is 0 Å². The van der Waals surface area contributed by atoms with Gasteiger partial charge in [0.15, 0.2) is 0 Å². The first kappa shape index (κ1) is 18.8. The highest BCUT2D eigenvalue weighted by molar-refractivity contribution is 7.91. The second kappa shape index (κ2) is 6.49. The van der Waals surface area contributed by atoms with Gasteiger partial charge in [-0.25, -0.2) is 16.8 Å². The van der Waals surface area contributed by atoms with Gasteiger partial charge in [-0.3, -0.25) is 0 Å². The maximum Gasteiger partial charge on any atom is 0.341 e. The summed E-state index contributed by atoms with van der Waals surface area (Å²) in [5.41, 5.74) is -0.0293. The molecule has 0 bridgehead atoms. The molecule has 0 saturated heterocycles. The zero-order valence-electron chi connectivity index (χ0n) is 12.5. The molecule has 0 radical (unpaired) electrons. The molecule has 0 aromatic heterocycles. The number of halogens is 2. The Morgan fingerprint density at radius 1 is 1.09 bits per heavy atom. The third-order valence-electron chi connectivity index (χ3n) is 3.00. The number of hydrogen-bond donors (Lipinski definition) is 1. The minimum Gasteiger partial charge on any atom is -0.380 e. The van der Waals surface area contributed by atoms with Crippen molar-refractivity contribution in [1.29, 1.82) is 0 Å². The highest BCUT2D eigenvalue weighted by Crippen LogP contribution is 2.23. The van der Waals surface area contributed by atoms with Crippen LogP contribution in [0.5, 0.6) is 0 Å². The second-order valence-electron chi connectivity index (χ2n) is 5.72. The first-order chi connectivity index (χ1) is 9.83. The van der Waals surface area contributed by atoms with Gasteiger partial charge in [0.25, 0.3) is 0 Å². The number of sulfone groups is 2. The van der Waals surface area contributed by atoms with Crippen molar-refractivity contribution in [3.8, 4) is 0 Å². The summed E-state index contributed by atoms with van der Waals surface area (Å²) >= 11 is 0. The predicted octanol–water partition coefficient (Wildman–Crippen LogP) is 2.31. The molecular formula is C13H19F2NO4S2. The minimum atomic E-state index is -4.61. The van der Waals surface area contributed by atoms with Gasteiger partial charge >= 0.3 is 5.76 Å². The first-order valence-electron chi connectivity index (χ1n) is 6.41. The van der Waals surface area contributed by atoms with Crippen LogP contribution in [0.4, 0.5) is 14.5 Å². The predicted molar refractivity (Wildman–Crippen MR) is 81.7 cm³/mol. The normalized spacial score (nSPS) is 13.4. The lowest BCUT2D eigenvalue weighted by Gasteiger charge is -2.27. The molecule has 22 heavy (non-hydrogen) atoms. The molecule has 1 N–H and O–H groups in total. The van der Waals surface area contributed by atoms with E-state index in [1.54, 1.807) is 13.8 Å². The Kier molecular flexibility index (Phi) is 5.56. The Balaban J connectivity index is 2.84. The van der Waals surface area contributed by atoms with Crippen LogP contribution in [0.15, 0.2) is 29.2 Å². The van der Waals surface area contributed by atoms with Crippen molar-refractivity contribution >= 4 is 25.4 Å². The maximum absolute atomic E-state index is 12.4. The summed E-state index contributed by atoms with van der Waals surface area (Å²) in [5.74, 6) is -3.46. The molecule has 1 aromatic carbocycles. The van der Waals surface area contributed by atoms with Gasteiger partial charge in [0.05, 0.1) is 10.6 Å². The molecule has 1 rings (SSSR count). The van der Waals surface area contributed by atoms with E-state index in [-0.39, 0.29) is 5.75 Å². The zero-order chi connectivity index (χ0) is 17.2. The number of nitrogens with one attached hydrogen (secondary N) is 1. The van der Waals surface area contributed by atoms with Crippen LogP contribution < -0.4 is 5.32 Å².